The van der Waals surface area contributed by atoms with Gasteiger partial charge in [-0.2, -0.15) is 13.2 Å². The summed E-state index contributed by atoms with van der Waals surface area (Å²) in [5.74, 6) is 0.553. The van der Waals surface area contributed by atoms with Gasteiger partial charge < -0.3 is 14.8 Å². The SMILES string of the molecule is CCOc1cc(/C=C2\C(=O)Nc3cc(C(F)(F)F)ccc32)ccc1OCc1ccc(Cl)cc1. The smallest absolute Gasteiger partial charge is 0.416 e. The normalized spacial score (nSPS) is 14.2. The first-order chi connectivity index (χ1) is 15.7. The molecular formula is C25H19ClF3NO3. The summed E-state index contributed by atoms with van der Waals surface area (Å²) in [5, 5.41) is 3.14. The number of carbonyl (C=O) groups excluding carboxylic acids is 1. The predicted molar refractivity (Wildman–Crippen MR) is 121 cm³/mol. The number of carbonyl (C=O) groups is 1. The van der Waals surface area contributed by atoms with Crippen molar-refractivity contribution < 1.29 is 27.4 Å². The van der Waals surface area contributed by atoms with Gasteiger partial charge in [-0.15, -0.1) is 0 Å². The molecule has 1 aliphatic rings. The quantitative estimate of drug-likeness (QED) is 0.399. The molecule has 0 atom stereocenters. The lowest BCUT2D eigenvalue weighted by Crippen LogP contribution is -2.06. The highest BCUT2D eigenvalue weighted by molar-refractivity contribution is 6.35. The minimum Gasteiger partial charge on any atom is -0.490 e. The third kappa shape index (κ3) is 5.14. The summed E-state index contributed by atoms with van der Waals surface area (Å²) >= 11 is 5.91. The van der Waals surface area contributed by atoms with Crippen LogP contribution in [0.25, 0.3) is 11.6 Å². The zero-order valence-electron chi connectivity index (χ0n) is 17.5. The molecule has 4 rings (SSSR count). The van der Waals surface area contributed by atoms with Crippen LogP contribution < -0.4 is 14.8 Å². The van der Waals surface area contributed by atoms with Crippen LogP contribution in [0.15, 0.2) is 60.7 Å². The maximum absolute atomic E-state index is 13.0. The van der Waals surface area contributed by atoms with Crippen molar-refractivity contribution in [2.24, 2.45) is 0 Å². The summed E-state index contributed by atoms with van der Waals surface area (Å²) < 4.78 is 50.5. The lowest BCUT2D eigenvalue weighted by molar-refractivity contribution is -0.137. The van der Waals surface area contributed by atoms with Crippen molar-refractivity contribution in [3.8, 4) is 11.5 Å². The van der Waals surface area contributed by atoms with E-state index in [4.69, 9.17) is 21.1 Å². The predicted octanol–water partition coefficient (Wildman–Crippen LogP) is 6.83. The highest BCUT2D eigenvalue weighted by Gasteiger charge is 2.33. The highest BCUT2D eigenvalue weighted by atomic mass is 35.5. The number of amides is 1. The fraction of sp³-hybridized carbons (Fsp3) is 0.160. The van der Waals surface area contributed by atoms with Crippen molar-refractivity contribution in [1.82, 2.24) is 0 Å². The molecule has 1 aliphatic heterocycles. The molecule has 0 aliphatic carbocycles. The molecule has 1 amide bonds. The largest absolute Gasteiger partial charge is 0.490 e. The van der Waals surface area contributed by atoms with E-state index >= 15 is 0 Å². The van der Waals surface area contributed by atoms with Gasteiger partial charge in [0.2, 0.25) is 0 Å². The number of benzene rings is 3. The molecule has 4 nitrogen and oxygen atoms in total. The van der Waals surface area contributed by atoms with E-state index in [1.54, 1.807) is 36.4 Å². The number of halogens is 4. The molecule has 1 heterocycles. The van der Waals surface area contributed by atoms with E-state index in [9.17, 15) is 18.0 Å². The number of nitrogens with one attached hydrogen (secondary N) is 1. The van der Waals surface area contributed by atoms with Crippen LogP contribution >= 0.6 is 11.6 Å². The monoisotopic (exact) mass is 473 g/mol. The maximum atomic E-state index is 13.0. The van der Waals surface area contributed by atoms with E-state index < -0.39 is 17.6 Å². The minimum atomic E-state index is -4.49. The molecule has 0 saturated heterocycles. The van der Waals surface area contributed by atoms with Crippen LogP contribution in [0, 0.1) is 0 Å². The molecule has 170 valence electrons. The van der Waals surface area contributed by atoms with E-state index in [1.165, 1.54) is 6.07 Å². The van der Waals surface area contributed by atoms with Crippen LogP contribution in [0.1, 0.15) is 29.2 Å². The Bertz CT molecular complexity index is 1220. The summed E-state index contributed by atoms with van der Waals surface area (Å²) in [6.07, 6.45) is -2.87. The summed E-state index contributed by atoms with van der Waals surface area (Å²) in [6, 6.07) is 15.7. The van der Waals surface area contributed by atoms with Crippen LogP contribution in [-0.2, 0) is 17.6 Å². The van der Waals surface area contributed by atoms with Gasteiger partial charge in [0.15, 0.2) is 11.5 Å². The summed E-state index contributed by atoms with van der Waals surface area (Å²) in [6.45, 7) is 2.56. The molecule has 0 unspecified atom stereocenters. The van der Waals surface area contributed by atoms with Crippen LogP contribution in [-0.4, -0.2) is 12.5 Å². The molecule has 3 aromatic carbocycles. The Hall–Kier alpha value is -3.45. The number of hydrogen-bond acceptors (Lipinski definition) is 3. The van der Waals surface area contributed by atoms with Gasteiger partial charge in [0.1, 0.15) is 6.61 Å². The number of ether oxygens (including phenoxy) is 2. The van der Waals surface area contributed by atoms with Crippen molar-refractivity contribution in [1.29, 1.82) is 0 Å². The molecule has 0 aromatic heterocycles. The van der Waals surface area contributed by atoms with Gasteiger partial charge in [0.05, 0.1) is 12.2 Å². The lowest BCUT2D eigenvalue weighted by atomic mass is 10.0. The lowest BCUT2D eigenvalue weighted by Gasteiger charge is -2.13. The average molecular weight is 474 g/mol. The second-order valence-electron chi connectivity index (χ2n) is 7.32. The first-order valence-electron chi connectivity index (χ1n) is 10.1. The molecule has 3 aromatic rings. The van der Waals surface area contributed by atoms with Gasteiger partial charge in [0.25, 0.3) is 5.91 Å². The Morgan fingerprint density at radius 2 is 1.73 bits per heavy atom. The van der Waals surface area contributed by atoms with E-state index in [0.717, 1.165) is 17.7 Å². The molecule has 1 N–H and O–H groups in total. The standard InChI is InChI=1S/C25H19ClF3NO3/c1-2-32-23-12-16(5-10-22(23)33-14-15-3-7-18(26)8-4-15)11-20-19-9-6-17(25(27,28)29)13-21(19)30-24(20)31/h3-13H,2,14H2,1H3,(H,30,31)/b20-11-. The van der Waals surface area contributed by atoms with Gasteiger partial charge in [-0.1, -0.05) is 35.9 Å². The van der Waals surface area contributed by atoms with Crippen molar-refractivity contribution in [3.63, 3.8) is 0 Å². The molecule has 0 fully saturated rings. The Kier molecular flexibility index (Phi) is 6.33. The molecule has 8 heteroatoms. The van der Waals surface area contributed by atoms with Crippen LogP contribution in [0.2, 0.25) is 5.02 Å². The van der Waals surface area contributed by atoms with E-state index in [2.05, 4.69) is 5.32 Å². The second-order valence-corrected chi connectivity index (χ2v) is 7.76. The zero-order valence-corrected chi connectivity index (χ0v) is 18.3. The van der Waals surface area contributed by atoms with Gasteiger partial charge >= 0.3 is 6.18 Å². The van der Waals surface area contributed by atoms with Crippen LogP contribution in [0.4, 0.5) is 18.9 Å². The molecule has 0 radical (unpaired) electrons. The van der Waals surface area contributed by atoms with Crippen molar-refractivity contribution in [2.75, 3.05) is 11.9 Å². The van der Waals surface area contributed by atoms with Gasteiger partial charge in [-0.3, -0.25) is 4.79 Å². The van der Waals surface area contributed by atoms with Gasteiger partial charge in [-0.05, 0) is 60.5 Å². The molecule has 0 saturated carbocycles. The zero-order chi connectivity index (χ0) is 23.6. The highest BCUT2D eigenvalue weighted by Crippen LogP contribution is 2.39. The molecular weight excluding hydrogens is 455 g/mol. The fourth-order valence-electron chi connectivity index (χ4n) is 3.42. The van der Waals surface area contributed by atoms with Gasteiger partial charge in [0, 0.05) is 21.8 Å². The summed E-state index contributed by atoms with van der Waals surface area (Å²) in [5.41, 5.74) is 1.59. The second kappa shape index (κ2) is 9.19. The summed E-state index contributed by atoms with van der Waals surface area (Å²) in [7, 11) is 0. The Morgan fingerprint density at radius 1 is 0.970 bits per heavy atom. The van der Waals surface area contributed by atoms with E-state index in [0.29, 0.717) is 40.9 Å². The topological polar surface area (TPSA) is 47.6 Å². The molecule has 0 spiro atoms. The summed E-state index contributed by atoms with van der Waals surface area (Å²) in [4.78, 5) is 12.4. The fourth-order valence-corrected chi connectivity index (χ4v) is 3.55. The third-order valence-electron chi connectivity index (χ3n) is 5.02. The average Bonchev–Trinajstić information content (AvgIpc) is 3.08. The molecule has 33 heavy (non-hydrogen) atoms. The number of fused-ring (bicyclic) bond motifs is 1. The Balaban J connectivity index is 1.60. The maximum Gasteiger partial charge on any atom is 0.416 e. The Labute approximate surface area is 193 Å². The number of rotatable bonds is 6. The molecule has 0 bridgehead atoms. The first kappa shape index (κ1) is 22.7. The minimum absolute atomic E-state index is 0.133. The van der Waals surface area contributed by atoms with Crippen molar-refractivity contribution >= 4 is 34.8 Å². The number of hydrogen-bond donors (Lipinski definition) is 1. The van der Waals surface area contributed by atoms with Crippen molar-refractivity contribution in [3.05, 3.63) is 87.9 Å². The van der Waals surface area contributed by atoms with Crippen LogP contribution in [0.5, 0.6) is 11.5 Å². The third-order valence-corrected chi connectivity index (χ3v) is 5.27. The van der Waals surface area contributed by atoms with Crippen LogP contribution in [0.3, 0.4) is 0 Å². The number of alkyl halides is 3. The Morgan fingerprint density at radius 3 is 2.42 bits per heavy atom. The number of anilines is 1. The van der Waals surface area contributed by atoms with Crippen molar-refractivity contribution in [2.45, 2.75) is 19.7 Å². The van der Waals surface area contributed by atoms with E-state index in [-0.39, 0.29) is 11.3 Å². The van der Waals surface area contributed by atoms with E-state index in [1.807, 2.05) is 19.1 Å². The first-order valence-corrected chi connectivity index (χ1v) is 10.5. The van der Waals surface area contributed by atoms with Gasteiger partial charge in [-0.25, -0.2) is 0 Å².